The molecule has 0 radical (unpaired) electrons. The molecule has 1 aliphatic rings. The van der Waals surface area contributed by atoms with Crippen molar-refractivity contribution in [2.45, 2.75) is 33.4 Å². The van der Waals surface area contributed by atoms with E-state index >= 15 is 0 Å². The first-order chi connectivity index (χ1) is 21.2. The zero-order chi connectivity index (χ0) is 31.4. The zero-order valence-corrected chi connectivity index (χ0v) is 25.7. The molecule has 226 valence electrons. The van der Waals surface area contributed by atoms with E-state index in [1.165, 1.54) is 28.8 Å². The number of carbonyl (C=O) groups is 2. The summed E-state index contributed by atoms with van der Waals surface area (Å²) in [6.07, 6.45) is 1.67. The van der Waals surface area contributed by atoms with Crippen molar-refractivity contribution in [3.8, 4) is 5.75 Å². The monoisotopic (exact) mass is 634 g/mol. The molecule has 0 amide bonds. The van der Waals surface area contributed by atoms with Crippen LogP contribution in [-0.2, 0) is 20.9 Å². The molecule has 5 rings (SSSR count). The van der Waals surface area contributed by atoms with E-state index in [0.717, 1.165) is 16.9 Å². The van der Waals surface area contributed by atoms with Crippen LogP contribution < -0.4 is 19.6 Å². The topological polar surface area (TPSA) is 96.2 Å². The molecule has 0 N–H and O–H groups in total. The number of halogens is 2. The van der Waals surface area contributed by atoms with E-state index in [1.54, 1.807) is 69.3 Å². The van der Waals surface area contributed by atoms with E-state index in [-0.39, 0.29) is 18.8 Å². The molecule has 0 saturated heterocycles. The summed E-state index contributed by atoms with van der Waals surface area (Å²) in [5, 5.41) is 0.444. The quantitative estimate of drug-likeness (QED) is 0.231. The van der Waals surface area contributed by atoms with Gasteiger partial charge in [-0.2, -0.15) is 0 Å². The number of thiazole rings is 1. The molecule has 1 aliphatic heterocycles. The van der Waals surface area contributed by atoms with Gasteiger partial charge in [0.1, 0.15) is 18.2 Å². The van der Waals surface area contributed by atoms with Gasteiger partial charge in [-0.1, -0.05) is 47.2 Å². The average Bonchev–Trinajstić information content (AvgIpc) is 3.30. The molecule has 0 unspecified atom stereocenters. The zero-order valence-electron chi connectivity index (χ0n) is 24.1. The molecule has 8 nitrogen and oxygen atoms in total. The van der Waals surface area contributed by atoms with Crippen molar-refractivity contribution < 1.29 is 28.2 Å². The highest BCUT2D eigenvalue weighted by Gasteiger charge is 2.33. The maximum Gasteiger partial charge on any atom is 0.338 e. The van der Waals surface area contributed by atoms with Crippen molar-refractivity contribution in [2.24, 2.45) is 4.99 Å². The highest BCUT2D eigenvalue weighted by molar-refractivity contribution is 7.07. The molecule has 11 heteroatoms. The summed E-state index contributed by atoms with van der Waals surface area (Å²) in [5.41, 5.74) is 2.59. The molecular weight excluding hydrogens is 607 g/mol. The Morgan fingerprint density at radius 1 is 1.00 bits per heavy atom. The fourth-order valence-corrected chi connectivity index (χ4v) is 5.99. The Hall–Kier alpha value is -4.54. The van der Waals surface area contributed by atoms with Crippen molar-refractivity contribution in [3.05, 3.63) is 131 Å². The molecule has 0 bridgehead atoms. The van der Waals surface area contributed by atoms with Crippen LogP contribution in [0.3, 0.4) is 0 Å². The molecule has 44 heavy (non-hydrogen) atoms. The number of fused-ring (bicyclic) bond motifs is 1. The van der Waals surface area contributed by atoms with Gasteiger partial charge in [-0.05, 0) is 80.4 Å². The van der Waals surface area contributed by atoms with Crippen LogP contribution >= 0.6 is 22.9 Å². The fourth-order valence-electron chi connectivity index (χ4n) is 4.77. The van der Waals surface area contributed by atoms with E-state index in [9.17, 15) is 18.8 Å². The molecule has 1 aromatic heterocycles. The highest BCUT2D eigenvalue weighted by Crippen LogP contribution is 2.31. The molecule has 0 aliphatic carbocycles. The molecule has 1 atom stereocenters. The van der Waals surface area contributed by atoms with Crippen LogP contribution in [0.15, 0.2) is 87.8 Å². The number of allylic oxidation sites excluding steroid dienone is 1. The molecule has 0 saturated carbocycles. The van der Waals surface area contributed by atoms with E-state index in [2.05, 4.69) is 4.99 Å². The Morgan fingerprint density at radius 3 is 2.36 bits per heavy atom. The van der Waals surface area contributed by atoms with E-state index < -0.39 is 29.4 Å². The first kappa shape index (κ1) is 30.9. The average molecular weight is 635 g/mol. The largest absolute Gasteiger partial charge is 0.488 e. The van der Waals surface area contributed by atoms with Gasteiger partial charge in [0.15, 0.2) is 4.80 Å². The SMILES string of the molecule is CCOC(=O)C1=C(C)N=c2s/c(=C\c3cc(Cl)ccc3OCc3ccc(C(=O)OCC)cc3)c(=O)n2[C@@H]1c1ccc(F)cc1. The maximum absolute atomic E-state index is 13.9. The predicted octanol–water partition coefficient (Wildman–Crippen LogP) is 5.35. The van der Waals surface area contributed by atoms with Gasteiger partial charge in [-0.3, -0.25) is 9.36 Å². The summed E-state index contributed by atoms with van der Waals surface area (Å²) in [6.45, 7) is 5.75. The Morgan fingerprint density at radius 2 is 1.68 bits per heavy atom. The molecule has 0 spiro atoms. The summed E-state index contributed by atoms with van der Waals surface area (Å²) in [6, 6.07) is 16.8. The van der Waals surface area contributed by atoms with Crippen molar-refractivity contribution in [1.29, 1.82) is 0 Å². The summed E-state index contributed by atoms with van der Waals surface area (Å²) in [7, 11) is 0. The van der Waals surface area contributed by atoms with E-state index in [1.807, 2.05) is 0 Å². The molecule has 3 aromatic carbocycles. The summed E-state index contributed by atoms with van der Waals surface area (Å²) in [4.78, 5) is 43.9. The van der Waals surface area contributed by atoms with Crippen LogP contribution in [-0.4, -0.2) is 29.7 Å². The second-order valence-corrected chi connectivity index (χ2v) is 11.2. The van der Waals surface area contributed by atoms with Crippen LogP contribution in [0, 0.1) is 5.82 Å². The third-order valence-electron chi connectivity index (χ3n) is 6.82. The third-order valence-corrected chi connectivity index (χ3v) is 8.04. The van der Waals surface area contributed by atoms with Gasteiger partial charge in [0, 0.05) is 10.6 Å². The normalized spacial score (nSPS) is 14.6. The number of carbonyl (C=O) groups excluding carboxylic acids is 2. The minimum atomic E-state index is -0.860. The van der Waals surface area contributed by atoms with E-state index in [4.69, 9.17) is 25.8 Å². The predicted molar refractivity (Wildman–Crippen MR) is 165 cm³/mol. The highest BCUT2D eigenvalue weighted by atomic mass is 35.5. The molecule has 4 aromatic rings. The lowest BCUT2D eigenvalue weighted by Gasteiger charge is -2.24. The summed E-state index contributed by atoms with van der Waals surface area (Å²) in [5.74, 6) is -0.956. The number of rotatable bonds is 9. The number of hydrogen-bond donors (Lipinski definition) is 0. The fraction of sp³-hybridized carbons (Fsp3) is 0.212. The standard InChI is InChI=1S/C33H28ClFN2O6S/c1-4-41-31(39)22-8-6-20(7-9-22)18-43-26-15-12-24(34)16-23(26)17-27-30(38)37-29(21-10-13-25(35)14-11-21)28(32(40)42-5-2)19(3)36-33(37)44-27/h6-17,29H,4-5,18H2,1-3H3/b27-17-/t29-/m1/s1. The Labute approximate surface area is 261 Å². The van der Waals surface area contributed by atoms with Crippen LogP contribution in [0.4, 0.5) is 4.39 Å². The van der Waals surface area contributed by atoms with Gasteiger partial charge < -0.3 is 14.2 Å². The number of hydrogen-bond acceptors (Lipinski definition) is 8. The number of benzene rings is 3. The number of aromatic nitrogens is 1. The molecule has 0 fully saturated rings. The van der Waals surface area contributed by atoms with Gasteiger partial charge in [-0.25, -0.2) is 19.0 Å². The van der Waals surface area contributed by atoms with Gasteiger partial charge in [-0.15, -0.1) is 0 Å². The lowest BCUT2D eigenvalue weighted by molar-refractivity contribution is -0.139. The van der Waals surface area contributed by atoms with Crippen LogP contribution in [0.1, 0.15) is 53.9 Å². The van der Waals surface area contributed by atoms with Crippen molar-refractivity contribution in [3.63, 3.8) is 0 Å². The molecular formula is C33H28ClFN2O6S. The van der Waals surface area contributed by atoms with Crippen molar-refractivity contribution in [2.75, 3.05) is 13.2 Å². The third kappa shape index (κ3) is 6.51. The second kappa shape index (κ2) is 13.4. The Kier molecular flexibility index (Phi) is 9.41. The van der Waals surface area contributed by atoms with Crippen LogP contribution in [0.2, 0.25) is 5.02 Å². The van der Waals surface area contributed by atoms with Gasteiger partial charge in [0.05, 0.1) is 40.6 Å². The molecule has 2 heterocycles. The van der Waals surface area contributed by atoms with Gasteiger partial charge >= 0.3 is 11.9 Å². The first-order valence-electron chi connectivity index (χ1n) is 13.8. The summed E-state index contributed by atoms with van der Waals surface area (Å²) >= 11 is 7.48. The first-order valence-corrected chi connectivity index (χ1v) is 15.0. The minimum absolute atomic E-state index is 0.142. The Balaban J connectivity index is 1.53. The van der Waals surface area contributed by atoms with Crippen molar-refractivity contribution in [1.82, 2.24) is 4.57 Å². The maximum atomic E-state index is 13.9. The second-order valence-electron chi connectivity index (χ2n) is 9.74. The lowest BCUT2D eigenvalue weighted by Crippen LogP contribution is -2.39. The van der Waals surface area contributed by atoms with E-state index in [0.29, 0.717) is 49.1 Å². The Bertz CT molecular complexity index is 1930. The van der Waals surface area contributed by atoms with Crippen LogP contribution in [0.5, 0.6) is 5.75 Å². The van der Waals surface area contributed by atoms with Gasteiger partial charge in [0.2, 0.25) is 0 Å². The number of nitrogens with zero attached hydrogens (tertiary/aromatic N) is 2. The lowest BCUT2D eigenvalue weighted by atomic mass is 9.96. The summed E-state index contributed by atoms with van der Waals surface area (Å²) < 4.78 is 32.0. The number of ether oxygens (including phenoxy) is 3. The van der Waals surface area contributed by atoms with Crippen LogP contribution in [0.25, 0.3) is 6.08 Å². The van der Waals surface area contributed by atoms with Gasteiger partial charge in [0.25, 0.3) is 5.56 Å². The number of esters is 2. The minimum Gasteiger partial charge on any atom is -0.488 e. The smallest absolute Gasteiger partial charge is 0.338 e. The van der Waals surface area contributed by atoms with Crippen molar-refractivity contribution >= 4 is 41.0 Å².